The van der Waals surface area contributed by atoms with Gasteiger partial charge in [0.05, 0.1) is 12.2 Å². The molecule has 0 amide bonds. The van der Waals surface area contributed by atoms with Crippen molar-refractivity contribution in [3.63, 3.8) is 0 Å². The van der Waals surface area contributed by atoms with Crippen molar-refractivity contribution in [1.29, 1.82) is 0 Å². The molecule has 0 saturated heterocycles. The van der Waals surface area contributed by atoms with Gasteiger partial charge in [-0.2, -0.15) is 0 Å². The van der Waals surface area contributed by atoms with Gasteiger partial charge in [-0.15, -0.1) is 0 Å². The molecule has 3 heteroatoms. The molecule has 4 aliphatic rings. The van der Waals surface area contributed by atoms with Crippen molar-refractivity contribution in [2.24, 2.45) is 52.3 Å². The van der Waals surface area contributed by atoms with Crippen LogP contribution in [0.2, 0.25) is 0 Å². The minimum absolute atomic E-state index is 0.216. The second kappa shape index (κ2) is 10.9. The second-order valence-corrected chi connectivity index (χ2v) is 14.1. The molecule has 0 radical (unpaired) electrons. The fourth-order valence-electron chi connectivity index (χ4n) is 9.88. The number of fused-ring (bicyclic) bond motifs is 5. The molecule has 0 bridgehead atoms. The molecule has 4 saturated carbocycles. The Labute approximate surface area is 225 Å². The monoisotopic (exact) mass is 506 g/mol. The van der Waals surface area contributed by atoms with Crippen molar-refractivity contribution < 1.29 is 14.3 Å². The van der Waals surface area contributed by atoms with Gasteiger partial charge < -0.3 is 4.74 Å². The summed E-state index contributed by atoms with van der Waals surface area (Å²) < 4.78 is 5.57. The minimum Gasteiger partial charge on any atom is -0.462 e. The first-order valence-corrected chi connectivity index (χ1v) is 15.5. The van der Waals surface area contributed by atoms with Crippen LogP contribution in [0.1, 0.15) is 115 Å². The molecule has 0 heterocycles. The number of hydrogen-bond donors (Lipinski definition) is 0. The average molecular weight is 507 g/mol. The van der Waals surface area contributed by atoms with Crippen LogP contribution in [0.3, 0.4) is 0 Å². The lowest BCUT2D eigenvalue weighted by Crippen LogP contribution is -2.56. The van der Waals surface area contributed by atoms with Crippen LogP contribution in [0, 0.1) is 52.3 Å². The lowest BCUT2D eigenvalue weighted by Gasteiger charge is -2.60. The first kappa shape index (κ1) is 26.9. The van der Waals surface area contributed by atoms with E-state index in [-0.39, 0.29) is 5.97 Å². The van der Waals surface area contributed by atoms with E-state index in [2.05, 4.69) is 27.7 Å². The van der Waals surface area contributed by atoms with Crippen LogP contribution in [0.5, 0.6) is 0 Å². The zero-order valence-electron chi connectivity index (χ0n) is 23.8. The molecule has 4 aliphatic carbocycles. The van der Waals surface area contributed by atoms with Crippen molar-refractivity contribution in [1.82, 2.24) is 0 Å². The van der Waals surface area contributed by atoms with Gasteiger partial charge >= 0.3 is 5.97 Å². The Bertz CT molecular complexity index is 955. The van der Waals surface area contributed by atoms with Crippen molar-refractivity contribution in [3.05, 3.63) is 35.9 Å². The summed E-state index contributed by atoms with van der Waals surface area (Å²) in [6, 6.07) is 9.29. The SMILES string of the molecule is CC(CCC[C@@H](C)[C@H]1CC[C@H]2[C@@H]3C(=O)CC4CCCC[C@]4(C)[C@H]3CC[C@]12C)COC(=O)c1ccccc1. The van der Waals surface area contributed by atoms with Crippen LogP contribution in [-0.4, -0.2) is 18.4 Å². The Hall–Kier alpha value is -1.64. The van der Waals surface area contributed by atoms with Crippen molar-refractivity contribution in [3.8, 4) is 0 Å². The maximum Gasteiger partial charge on any atom is 0.338 e. The van der Waals surface area contributed by atoms with Crippen LogP contribution in [-0.2, 0) is 9.53 Å². The molecule has 0 N–H and O–H groups in total. The molecule has 0 spiro atoms. The topological polar surface area (TPSA) is 43.4 Å². The summed E-state index contributed by atoms with van der Waals surface area (Å²) >= 11 is 0. The van der Waals surface area contributed by atoms with Gasteiger partial charge in [-0.05, 0) is 103 Å². The number of ketones is 1. The summed E-state index contributed by atoms with van der Waals surface area (Å²) in [5.41, 5.74) is 1.39. The van der Waals surface area contributed by atoms with E-state index >= 15 is 0 Å². The zero-order chi connectivity index (χ0) is 26.2. The first-order valence-electron chi connectivity index (χ1n) is 15.5. The van der Waals surface area contributed by atoms with Crippen LogP contribution in [0.25, 0.3) is 0 Å². The van der Waals surface area contributed by atoms with E-state index in [0.717, 1.165) is 18.8 Å². The Kier molecular flexibility index (Phi) is 7.90. The molecule has 0 aromatic heterocycles. The van der Waals surface area contributed by atoms with Gasteiger partial charge in [-0.1, -0.05) is 71.6 Å². The summed E-state index contributed by atoms with van der Waals surface area (Å²) in [5, 5.41) is 0. The standard InChI is InChI=1S/C34H50O3/c1-23(22-37-32(36)25-13-6-5-7-14-25)11-10-12-24(2)27-16-17-28-31-29(18-20-34(27,28)4)33(3)19-9-8-15-26(33)21-30(31)35/h5-7,13-14,23-24,26-29,31H,8-12,15-22H2,1-4H3/t23?,24-,26?,27-,28+,29+,31+,33+,34-/m1/s1. The molecule has 0 aliphatic heterocycles. The quantitative estimate of drug-likeness (QED) is 0.332. The maximum absolute atomic E-state index is 13.6. The number of hydrogen-bond acceptors (Lipinski definition) is 3. The number of Topliss-reactive ketones (excluding diaryl/α,β-unsaturated/α-hetero) is 1. The fourth-order valence-corrected chi connectivity index (χ4v) is 9.88. The fraction of sp³-hybridized carbons (Fsp3) is 0.765. The number of ether oxygens (including phenoxy) is 1. The Morgan fingerprint density at radius 2 is 1.70 bits per heavy atom. The second-order valence-electron chi connectivity index (χ2n) is 14.1. The molecule has 1 aromatic rings. The van der Waals surface area contributed by atoms with Gasteiger partial charge in [-0.3, -0.25) is 4.79 Å². The highest BCUT2D eigenvalue weighted by Crippen LogP contribution is 2.67. The summed E-state index contributed by atoms with van der Waals surface area (Å²) in [4.78, 5) is 25.8. The van der Waals surface area contributed by atoms with Gasteiger partial charge in [0.1, 0.15) is 5.78 Å². The minimum atomic E-state index is -0.216. The number of carbonyl (C=O) groups is 2. The highest BCUT2D eigenvalue weighted by molar-refractivity contribution is 5.89. The van der Waals surface area contributed by atoms with E-state index in [4.69, 9.17) is 4.74 Å². The normalized spacial score (nSPS) is 38.7. The van der Waals surface area contributed by atoms with E-state index < -0.39 is 0 Å². The van der Waals surface area contributed by atoms with Gasteiger partial charge in [0.25, 0.3) is 0 Å². The average Bonchev–Trinajstić information content (AvgIpc) is 3.25. The molecular formula is C34H50O3. The van der Waals surface area contributed by atoms with Crippen molar-refractivity contribution >= 4 is 11.8 Å². The van der Waals surface area contributed by atoms with Crippen molar-refractivity contribution in [2.75, 3.05) is 6.61 Å². The number of benzene rings is 1. The lowest BCUT2D eigenvalue weighted by atomic mass is 9.44. The van der Waals surface area contributed by atoms with E-state index in [0.29, 0.717) is 64.3 Å². The molecule has 37 heavy (non-hydrogen) atoms. The highest BCUT2D eigenvalue weighted by atomic mass is 16.5. The molecular weight excluding hydrogens is 456 g/mol. The van der Waals surface area contributed by atoms with E-state index in [1.165, 1.54) is 64.2 Å². The highest BCUT2D eigenvalue weighted by Gasteiger charge is 2.62. The molecule has 4 fully saturated rings. The summed E-state index contributed by atoms with van der Waals surface area (Å²) in [6.45, 7) is 10.3. The molecule has 3 nitrogen and oxygen atoms in total. The Balaban J connectivity index is 1.14. The molecule has 5 rings (SSSR count). The summed E-state index contributed by atoms with van der Waals surface area (Å²) in [6.07, 6.45) is 14.9. The van der Waals surface area contributed by atoms with Gasteiger partial charge in [0.2, 0.25) is 0 Å². The van der Waals surface area contributed by atoms with Crippen LogP contribution in [0.15, 0.2) is 30.3 Å². The third kappa shape index (κ3) is 5.06. The molecule has 2 unspecified atom stereocenters. The Morgan fingerprint density at radius 3 is 2.49 bits per heavy atom. The van der Waals surface area contributed by atoms with Crippen LogP contribution < -0.4 is 0 Å². The summed E-state index contributed by atoms with van der Waals surface area (Å²) in [5.74, 6) is 4.50. The van der Waals surface area contributed by atoms with E-state index in [1.54, 1.807) is 0 Å². The van der Waals surface area contributed by atoms with Gasteiger partial charge in [0, 0.05) is 12.3 Å². The predicted molar refractivity (Wildman–Crippen MR) is 149 cm³/mol. The summed E-state index contributed by atoms with van der Waals surface area (Å²) in [7, 11) is 0. The van der Waals surface area contributed by atoms with Gasteiger partial charge in [-0.25, -0.2) is 4.79 Å². The molecule has 9 atom stereocenters. The van der Waals surface area contributed by atoms with E-state index in [9.17, 15) is 9.59 Å². The first-order chi connectivity index (χ1) is 17.7. The molecule has 1 aromatic carbocycles. The number of carbonyl (C=O) groups excluding carboxylic acids is 2. The third-order valence-corrected chi connectivity index (χ3v) is 12.0. The molecule has 204 valence electrons. The number of rotatable bonds is 8. The number of esters is 1. The third-order valence-electron chi connectivity index (χ3n) is 12.0. The van der Waals surface area contributed by atoms with Crippen molar-refractivity contribution in [2.45, 2.75) is 105 Å². The van der Waals surface area contributed by atoms with Crippen LogP contribution >= 0.6 is 0 Å². The maximum atomic E-state index is 13.6. The van der Waals surface area contributed by atoms with Crippen LogP contribution in [0.4, 0.5) is 0 Å². The lowest BCUT2D eigenvalue weighted by molar-refractivity contribution is -0.156. The Morgan fingerprint density at radius 1 is 0.946 bits per heavy atom. The predicted octanol–water partition coefficient (Wildman–Crippen LogP) is 8.51. The van der Waals surface area contributed by atoms with E-state index in [1.807, 2.05) is 30.3 Å². The largest absolute Gasteiger partial charge is 0.462 e. The smallest absolute Gasteiger partial charge is 0.338 e. The van der Waals surface area contributed by atoms with Gasteiger partial charge in [0.15, 0.2) is 0 Å². The zero-order valence-corrected chi connectivity index (χ0v) is 23.8.